The van der Waals surface area contributed by atoms with Gasteiger partial charge in [0.25, 0.3) is 5.91 Å². The van der Waals surface area contributed by atoms with Gasteiger partial charge in [-0.15, -0.1) is 11.8 Å². The number of hydrogen-bond donors (Lipinski definition) is 0. The van der Waals surface area contributed by atoms with Gasteiger partial charge in [-0.1, -0.05) is 18.2 Å². The van der Waals surface area contributed by atoms with E-state index >= 15 is 0 Å². The van der Waals surface area contributed by atoms with Crippen LogP contribution in [0.25, 0.3) is 0 Å². The van der Waals surface area contributed by atoms with Crippen LogP contribution in [0.3, 0.4) is 0 Å². The van der Waals surface area contributed by atoms with Crippen molar-refractivity contribution in [1.29, 1.82) is 0 Å². The Morgan fingerprint density at radius 2 is 1.67 bits per heavy atom. The average molecular weight is 467 g/mol. The molecule has 7 nitrogen and oxygen atoms in total. The Balaban J connectivity index is 1.46. The first-order valence-corrected chi connectivity index (χ1v) is 12.4. The van der Waals surface area contributed by atoms with E-state index in [1.807, 2.05) is 49.1 Å². The monoisotopic (exact) mass is 466 g/mol. The molecular weight excluding hydrogens is 436 g/mol. The molecule has 0 saturated carbocycles. The van der Waals surface area contributed by atoms with E-state index in [0.29, 0.717) is 43.2 Å². The molecule has 2 aliphatic heterocycles. The molecule has 0 aromatic heterocycles. The number of thioether (sulfide) groups is 1. The van der Waals surface area contributed by atoms with Crippen molar-refractivity contribution in [1.82, 2.24) is 9.80 Å². The normalized spacial score (nSPS) is 15.9. The van der Waals surface area contributed by atoms with Gasteiger partial charge in [-0.2, -0.15) is 0 Å². The number of piperazine rings is 1. The number of nitrogens with zero attached hydrogens (tertiary/aromatic N) is 4. The molecule has 0 bridgehead atoms. The van der Waals surface area contributed by atoms with Crippen molar-refractivity contribution in [2.24, 2.45) is 0 Å². The molecule has 1 saturated heterocycles. The third kappa shape index (κ3) is 5.00. The van der Waals surface area contributed by atoms with E-state index in [4.69, 9.17) is 0 Å². The molecule has 3 amide bonds. The largest absolute Gasteiger partial charge is 0.368 e. The van der Waals surface area contributed by atoms with E-state index in [1.54, 1.807) is 15.9 Å². The molecule has 0 unspecified atom stereocenters. The van der Waals surface area contributed by atoms with Crippen LogP contribution in [0, 0.1) is 0 Å². The van der Waals surface area contributed by atoms with Crippen molar-refractivity contribution in [2.75, 3.05) is 61.4 Å². The van der Waals surface area contributed by atoms with Gasteiger partial charge in [-0.25, -0.2) is 0 Å². The highest BCUT2D eigenvalue weighted by Gasteiger charge is 2.30. The van der Waals surface area contributed by atoms with Crippen LogP contribution in [-0.2, 0) is 9.59 Å². The quantitative estimate of drug-likeness (QED) is 0.655. The standard InChI is InChI=1S/C25H30N4O3S/c1-3-26(4-2)25(32)19-10-11-22-21(16-19)29(24(31)18-33-22)17-23(30)28-14-12-27(13-15-28)20-8-6-5-7-9-20/h5-11,16H,3-4,12-15,17-18H2,1-2H3. The fraction of sp³-hybridized carbons (Fsp3) is 0.400. The number of para-hydroxylation sites is 1. The predicted octanol–water partition coefficient (Wildman–Crippen LogP) is 2.96. The van der Waals surface area contributed by atoms with Crippen LogP contribution in [0.1, 0.15) is 24.2 Å². The van der Waals surface area contributed by atoms with Gasteiger partial charge in [0.15, 0.2) is 0 Å². The highest BCUT2D eigenvalue weighted by molar-refractivity contribution is 8.00. The Bertz CT molecular complexity index is 1020. The maximum absolute atomic E-state index is 13.1. The molecule has 0 atom stereocenters. The zero-order valence-electron chi connectivity index (χ0n) is 19.2. The van der Waals surface area contributed by atoms with Crippen molar-refractivity contribution in [3.63, 3.8) is 0 Å². The van der Waals surface area contributed by atoms with Crippen LogP contribution in [0.5, 0.6) is 0 Å². The first-order valence-electron chi connectivity index (χ1n) is 11.5. The van der Waals surface area contributed by atoms with Crippen LogP contribution in [0.2, 0.25) is 0 Å². The number of hydrogen-bond acceptors (Lipinski definition) is 5. The lowest BCUT2D eigenvalue weighted by atomic mass is 10.1. The molecule has 2 aromatic carbocycles. The van der Waals surface area contributed by atoms with Crippen LogP contribution >= 0.6 is 11.8 Å². The molecule has 1 fully saturated rings. The first kappa shape index (κ1) is 23.2. The highest BCUT2D eigenvalue weighted by atomic mass is 32.2. The van der Waals surface area contributed by atoms with Crippen LogP contribution in [0.4, 0.5) is 11.4 Å². The fourth-order valence-corrected chi connectivity index (χ4v) is 5.21. The smallest absolute Gasteiger partial charge is 0.253 e. The lowest BCUT2D eigenvalue weighted by molar-refractivity contribution is -0.131. The van der Waals surface area contributed by atoms with Gasteiger partial charge in [0.1, 0.15) is 6.54 Å². The summed E-state index contributed by atoms with van der Waals surface area (Å²) in [6.07, 6.45) is 0. The summed E-state index contributed by atoms with van der Waals surface area (Å²) in [5.41, 5.74) is 2.36. The van der Waals surface area contributed by atoms with Gasteiger partial charge in [-0.3, -0.25) is 14.4 Å². The Kier molecular flexibility index (Phi) is 7.23. The molecule has 4 rings (SSSR count). The molecule has 0 spiro atoms. The summed E-state index contributed by atoms with van der Waals surface area (Å²) in [6.45, 7) is 7.91. The van der Waals surface area contributed by atoms with E-state index in [9.17, 15) is 14.4 Å². The predicted molar refractivity (Wildman–Crippen MR) is 132 cm³/mol. The second-order valence-electron chi connectivity index (χ2n) is 8.13. The minimum absolute atomic E-state index is 0.000639. The summed E-state index contributed by atoms with van der Waals surface area (Å²) in [7, 11) is 0. The minimum Gasteiger partial charge on any atom is -0.368 e. The molecule has 33 heavy (non-hydrogen) atoms. The lowest BCUT2D eigenvalue weighted by Crippen LogP contribution is -2.52. The molecule has 2 aromatic rings. The molecule has 0 aliphatic carbocycles. The van der Waals surface area contributed by atoms with E-state index < -0.39 is 0 Å². The second kappa shape index (κ2) is 10.3. The van der Waals surface area contributed by atoms with Crippen molar-refractivity contribution < 1.29 is 14.4 Å². The molecular formula is C25H30N4O3S. The zero-order chi connectivity index (χ0) is 23.4. The van der Waals surface area contributed by atoms with E-state index in [2.05, 4.69) is 17.0 Å². The number of anilines is 2. The minimum atomic E-state index is -0.101. The van der Waals surface area contributed by atoms with Gasteiger partial charge in [-0.05, 0) is 44.2 Å². The Morgan fingerprint density at radius 1 is 0.970 bits per heavy atom. The zero-order valence-corrected chi connectivity index (χ0v) is 20.0. The summed E-state index contributed by atoms with van der Waals surface area (Å²) in [4.78, 5) is 47.1. The Hall–Kier alpha value is -3.00. The van der Waals surface area contributed by atoms with Gasteiger partial charge >= 0.3 is 0 Å². The SMILES string of the molecule is CCN(CC)C(=O)c1ccc2c(c1)N(CC(=O)N1CCN(c3ccccc3)CC1)C(=O)CS2. The molecule has 0 radical (unpaired) electrons. The summed E-state index contributed by atoms with van der Waals surface area (Å²) < 4.78 is 0. The summed E-state index contributed by atoms with van der Waals surface area (Å²) in [5.74, 6) is 0.0746. The third-order valence-corrected chi connectivity index (χ3v) is 7.29. The molecule has 8 heteroatoms. The van der Waals surface area contributed by atoms with Crippen LogP contribution in [0.15, 0.2) is 53.4 Å². The lowest BCUT2D eigenvalue weighted by Gasteiger charge is -2.37. The van der Waals surface area contributed by atoms with Gasteiger partial charge < -0.3 is 19.6 Å². The summed E-state index contributed by atoms with van der Waals surface area (Å²) in [5, 5.41) is 0. The van der Waals surface area contributed by atoms with Crippen molar-refractivity contribution >= 4 is 40.9 Å². The second-order valence-corrected chi connectivity index (χ2v) is 9.15. The van der Waals surface area contributed by atoms with Crippen molar-refractivity contribution in [3.05, 3.63) is 54.1 Å². The number of fused-ring (bicyclic) bond motifs is 1. The van der Waals surface area contributed by atoms with E-state index in [0.717, 1.165) is 23.7 Å². The summed E-state index contributed by atoms with van der Waals surface area (Å²) >= 11 is 1.45. The average Bonchev–Trinajstić information content (AvgIpc) is 2.86. The molecule has 0 N–H and O–H groups in total. The molecule has 2 aliphatic rings. The van der Waals surface area contributed by atoms with Gasteiger partial charge in [0, 0.05) is 55.4 Å². The molecule has 174 valence electrons. The van der Waals surface area contributed by atoms with Gasteiger partial charge in [0.2, 0.25) is 11.8 Å². The highest BCUT2D eigenvalue weighted by Crippen LogP contribution is 2.36. The number of rotatable bonds is 6. The Labute approximate surface area is 199 Å². The molecule has 2 heterocycles. The maximum Gasteiger partial charge on any atom is 0.253 e. The van der Waals surface area contributed by atoms with Crippen molar-refractivity contribution in [3.8, 4) is 0 Å². The topological polar surface area (TPSA) is 64.2 Å². The number of carbonyl (C=O) groups is 3. The summed E-state index contributed by atoms with van der Waals surface area (Å²) in [6, 6.07) is 15.7. The maximum atomic E-state index is 13.1. The van der Waals surface area contributed by atoms with E-state index in [1.165, 1.54) is 11.8 Å². The van der Waals surface area contributed by atoms with Crippen LogP contribution < -0.4 is 9.80 Å². The first-order chi connectivity index (χ1) is 16.0. The fourth-order valence-electron chi connectivity index (χ4n) is 4.29. The third-order valence-electron chi connectivity index (χ3n) is 6.25. The van der Waals surface area contributed by atoms with Gasteiger partial charge in [0.05, 0.1) is 11.4 Å². The number of amides is 3. The van der Waals surface area contributed by atoms with Crippen molar-refractivity contribution in [2.45, 2.75) is 18.7 Å². The number of carbonyl (C=O) groups excluding carboxylic acids is 3. The van der Waals surface area contributed by atoms with E-state index in [-0.39, 0.29) is 24.3 Å². The van der Waals surface area contributed by atoms with Crippen LogP contribution in [-0.4, -0.2) is 79.1 Å². The number of benzene rings is 2. The Morgan fingerprint density at radius 3 is 2.33 bits per heavy atom.